The zero-order valence-corrected chi connectivity index (χ0v) is 12.9. The van der Waals surface area contributed by atoms with E-state index in [0.717, 1.165) is 43.8 Å². The topological polar surface area (TPSA) is 89.4 Å². The third-order valence-electron chi connectivity index (χ3n) is 4.24. The number of anilines is 2. The van der Waals surface area contributed by atoms with Crippen molar-refractivity contribution >= 4 is 33.7 Å². The first-order valence-corrected chi connectivity index (χ1v) is 8.42. The van der Waals surface area contributed by atoms with Crippen LogP contribution in [0.4, 0.5) is 10.7 Å². The Morgan fingerprint density at radius 3 is 2.24 bits per heavy atom. The van der Waals surface area contributed by atoms with Crippen molar-refractivity contribution in [1.29, 1.82) is 0 Å². The summed E-state index contributed by atoms with van der Waals surface area (Å²) in [6, 6.07) is 0. The zero-order valence-electron chi connectivity index (χ0n) is 12.1. The van der Waals surface area contributed by atoms with E-state index in [4.69, 9.17) is 11.5 Å². The molecule has 1 aromatic rings. The molecule has 0 bridgehead atoms. The molecule has 1 saturated carbocycles. The lowest BCUT2D eigenvalue weighted by Gasteiger charge is -2.21. The molecule has 0 spiro atoms. The first-order chi connectivity index (χ1) is 10.1. The van der Waals surface area contributed by atoms with Crippen LogP contribution in [0.2, 0.25) is 0 Å². The average Bonchev–Trinajstić information content (AvgIpc) is 3.25. The molecule has 1 saturated heterocycles. The van der Waals surface area contributed by atoms with E-state index in [2.05, 4.69) is 4.90 Å². The zero-order chi connectivity index (χ0) is 15.0. The van der Waals surface area contributed by atoms with E-state index in [-0.39, 0.29) is 11.7 Å². The highest BCUT2D eigenvalue weighted by molar-refractivity contribution is 7.19. The number of amides is 1. The van der Waals surface area contributed by atoms with E-state index >= 15 is 0 Å². The standard InChI is InChI=1S/C15H21N3O2S/c16-11-10(14(17)20)15(18-7-3-1-2-4-8-18)21-13(11)12(19)9-5-6-9/h9H,1-8,16H2,(H2,17,20). The number of hydrogen-bond donors (Lipinski definition) is 2. The number of Topliss-reactive ketones (excluding diaryl/α,β-unsaturated/α-hetero) is 1. The van der Waals surface area contributed by atoms with Gasteiger partial charge in [-0.2, -0.15) is 0 Å². The predicted octanol–water partition coefficient (Wildman–Crippen LogP) is 2.40. The van der Waals surface area contributed by atoms with Gasteiger partial charge in [0, 0.05) is 19.0 Å². The number of rotatable bonds is 4. The maximum absolute atomic E-state index is 12.3. The van der Waals surface area contributed by atoms with Crippen LogP contribution >= 0.6 is 11.3 Å². The number of carbonyl (C=O) groups is 2. The Hall–Kier alpha value is -1.56. The maximum atomic E-state index is 12.3. The molecule has 0 atom stereocenters. The Labute approximate surface area is 128 Å². The highest BCUT2D eigenvalue weighted by Crippen LogP contribution is 2.43. The molecule has 4 N–H and O–H groups in total. The number of primary amides is 1. The van der Waals surface area contributed by atoms with Crippen molar-refractivity contribution in [3.05, 3.63) is 10.4 Å². The first kappa shape index (κ1) is 14.4. The van der Waals surface area contributed by atoms with Crippen LogP contribution in [-0.4, -0.2) is 24.8 Å². The molecule has 1 aliphatic carbocycles. The number of ketones is 1. The van der Waals surface area contributed by atoms with Crippen LogP contribution in [0.25, 0.3) is 0 Å². The number of nitrogen functional groups attached to an aromatic ring is 1. The fraction of sp³-hybridized carbons (Fsp3) is 0.600. The smallest absolute Gasteiger partial charge is 0.253 e. The van der Waals surface area contributed by atoms with Gasteiger partial charge in [0.1, 0.15) is 5.00 Å². The minimum Gasteiger partial charge on any atom is -0.397 e. The molecule has 1 aliphatic heterocycles. The fourth-order valence-corrected chi connectivity index (χ4v) is 4.18. The molecule has 1 amide bonds. The molecule has 114 valence electrons. The Morgan fingerprint density at radius 1 is 1.10 bits per heavy atom. The maximum Gasteiger partial charge on any atom is 0.253 e. The third kappa shape index (κ3) is 2.77. The molecule has 2 aliphatic rings. The molecule has 5 nitrogen and oxygen atoms in total. The minimum atomic E-state index is -0.530. The Morgan fingerprint density at radius 2 is 1.71 bits per heavy atom. The molecule has 0 unspecified atom stereocenters. The van der Waals surface area contributed by atoms with E-state index in [0.29, 0.717) is 16.1 Å². The summed E-state index contributed by atoms with van der Waals surface area (Å²) in [4.78, 5) is 26.8. The van der Waals surface area contributed by atoms with Crippen molar-refractivity contribution in [2.24, 2.45) is 11.7 Å². The average molecular weight is 307 g/mol. The molecule has 6 heteroatoms. The lowest BCUT2D eigenvalue weighted by molar-refractivity contribution is 0.0972. The number of thiophene rings is 1. The van der Waals surface area contributed by atoms with E-state index in [9.17, 15) is 9.59 Å². The monoisotopic (exact) mass is 307 g/mol. The quantitative estimate of drug-likeness (QED) is 0.836. The summed E-state index contributed by atoms with van der Waals surface area (Å²) < 4.78 is 0. The van der Waals surface area contributed by atoms with E-state index in [1.54, 1.807) is 0 Å². The van der Waals surface area contributed by atoms with Gasteiger partial charge >= 0.3 is 0 Å². The van der Waals surface area contributed by atoms with Crippen molar-refractivity contribution in [2.45, 2.75) is 38.5 Å². The third-order valence-corrected chi connectivity index (χ3v) is 5.52. The SMILES string of the molecule is NC(=O)c1c(N2CCCCCC2)sc(C(=O)C2CC2)c1N. The second-order valence-corrected chi connectivity index (χ2v) is 6.93. The van der Waals surface area contributed by atoms with Gasteiger partial charge in [-0.3, -0.25) is 9.59 Å². The summed E-state index contributed by atoms with van der Waals surface area (Å²) in [5.74, 6) is -0.345. The second-order valence-electron chi connectivity index (χ2n) is 5.93. The summed E-state index contributed by atoms with van der Waals surface area (Å²) in [5, 5.41) is 0.797. The molecular weight excluding hydrogens is 286 g/mol. The first-order valence-electron chi connectivity index (χ1n) is 7.61. The molecule has 0 aromatic carbocycles. The van der Waals surface area contributed by atoms with Crippen LogP contribution in [0, 0.1) is 5.92 Å². The van der Waals surface area contributed by atoms with Crippen molar-refractivity contribution in [2.75, 3.05) is 23.7 Å². The number of hydrogen-bond acceptors (Lipinski definition) is 5. The van der Waals surface area contributed by atoms with Crippen LogP contribution in [0.3, 0.4) is 0 Å². The summed E-state index contributed by atoms with van der Waals surface area (Å²) in [5.41, 5.74) is 12.2. The van der Waals surface area contributed by atoms with E-state index in [1.165, 1.54) is 24.2 Å². The predicted molar refractivity (Wildman–Crippen MR) is 85.0 cm³/mol. The molecule has 0 radical (unpaired) electrons. The summed E-state index contributed by atoms with van der Waals surface area (Å²) in [6.45, 7) is 1.80. The Bertz CT molecular complexity index is 570. The summed E-state index contributed by atoms with van der Waals surface area (Å²) in [7, 11) is 0. The van der Waals surface area contributed by atoms with Crippen LogP contribution < -0.4 is 16.4 Å². The summed E-state index contributed by atoms with van der Waals surface area (Å²) >= 11 is 1.36. The van der Waals surface area contributed by atoms with Gasteiger partial charge in [0.25, 0.3) is 5.91 Å². The fourth-order valence-electron chi connectivity index (χ4n) is 2.88. The second kappa shape index (κ2) is 5.67. The van der Waals surface area contributed by atoms with Gasteiger partial charge in [0.15, 0.2) is 5.78 Å². The van der Waals surface area contributed by atoms with Crippen molar-refractivity contribution < 1.29 is 9.59 Å². The van der Waals surface area contributed by atoms with E-state index in [1.807, 2.05) is 0 Å². The largest absolute Gasteiger partial charge is 0.397 e. The van der Waals surface area contributed by atoms with Gasteiger partial charge in [-0.15, -0.1) is 11.3 Å². The highest BCUT2D eigenvalue weighted by Gasteiger charge is 2.35. The molecule has 2 fully saturated rings. The summed E-state index contributed by atoms with van der Waals surface area (Å²) in [6.07, 6.45) is 6.47. The number of nitrogens with zero attached hydrogens (tertiary/aromatic N) is 1. The number of carbonyl (C=O) groups excluding carboxylic acids is 2. The van der Waals surface area contributed by atoms with Gasteiger partial charge in [-0.25, -0.2) is 0 Å². The molecule has 3 rings (SSSR count). The van der Waals surface area contributed by atoms with Gasteiger partial charge in [-0.1, -0.05) is 12.8 Å². The van der Waals surface area contributed by atoms with Crippen LogP contribution in [-0.2, 0) is 0 Å². The van der Waals surface area contributed by atoms with Gasteiger partial charge in [0.2, 0.25) is 0 Å². The Balaban J connectivity index is 1.99. The van der Waals surface area contributed by atoms with Crippen molar-refractivity contribution in [3.63, 3.8) is 0 Å². The number of nitrogens with two attached hydrogens (primary N) is 2. The molecular formula is C15H21N3O2S. The van der Waals surface area contributed by atoms with Gasteiger partial charge < -0.3 is 16.4 Å². The van der Waals surface area contributed by atoms with Crippen molar-refractivity contribution in [3.8, 4) is 0 Å². The van der Waals surface area contributed by atoms with Gasteiger partial charge in [0.05, 0.1) is 16.1 Å². The Kier molecular flexibility index (Phi) is 3.89. The van der Waals surface area contributed by atoms with Crippen LogP contribution in [0.1, 0.15) is 58.6 Å². The highest BCUT2D eigenvalue weighted by atomic mass is 32.1. The normalized spacial score (nSPS) is 19.3. The van der Waals surface area contributed by atoms with Gasteiger partial charge in [-0.05, 0) is 25.7 Å². The lowest BCUT2D eigenvalue weighted by atomic mass is 10.1. The lowest BCUT2D eigenvalue weighted by Crippen LogP contribution is -2.26. The van der Waals surface area contributed by atoms with E-state index < -0.39 is 5.91 Å². The molecule has 1 aromatic heterocycles. The van der Waals surface area contributed by atoms with Crippen LogP contribution in [0.5, 0.6) is 0 Å². The molecule has 21 heavy (non-hydrogen) atoms. The van der Waals surface area contributed by atoms with Crippen LogP contribution in [0.15, 0.2) is 0 Å². The minimum absolute atomic E-state index is 0.0843. The molecule has 2 heterocycles. The van der Waals surface area contributed by atoms with Crippen molar-refractivity contribution in [1.82, 2.24) is 0 Å².